The van der Waals surface area contributed by atoms with E-state index >= 15 is 0 Å². The van der Waals surface area contributed by atoms with Crippen LogP contribution in [0.1, 0.15) is 23.2 Å². The summed E-state index contributed by atoms with van der Waals surface area (Å²) < 4.78 is 5.20. The summed E-state index contributed by atoms with van der Waals surface area (Å²) >= 11 is 0. The van der Waals surface area contributed by atoms with Crippen LogP contribution in [0.3, 0.4) is 0 Å². The van der Waals surface area contributed by atoms with E-state index in [2.05, 4.69) is 15.4 Å². The Morgan fingerprint density at radius 1 is 1.14 bits per heavy atom. The molecule has 0 unspecified atom stereocenters. The van der Waals surface area contributed by atoms with Crippen molar-refractivity contribution < 1.29 is 9.21 Å². The molecule has 0 saturated heterocycles. The van der Waals surface area contributed by atoms with Gasteiger partial charge in [-0.05, 0) is 23.8 Å². The Balaban J connectivity index is 1.53. The van der Waals surface area contributed by atoms with Crippen molar-refractivity contribution in [1.82, 2.24) is 20.2 Å². The van der Waals surface area contributed by atoms with Gasteiger partial charge in [0.25, 0.3) is 0 Å². The zero-order chi connectivity index (χ0) is 14.5. The monoisotopic (exact) mass is 282 g/mol. The number of carbonyl (C=O) groups is 1. The molecule has 21 heavy (non-hydrogen) atoms. The summed E-state index contributed by atoms with van der Waals surface area (Å²) in [5.41, 5.74) is 0.736. The number of aromatic nitrogens is 4. The van der Waals surface area contributed by atoms with Crippen LogP contribution in [0, 0.1) is 0 Å². The third kappa shape index (κ3) is 3.22. The summed E-state index contributed by atoms with van der Waals surface area (Å²) in [6, 6.07) is 12.8. The standard InChI is InChI=1S/C15H14N4O2/c20-13(12-6-2-1-3-7-12)8-4-10-19-17-15(16-18-19)14-9-5-11-21-14/h1-3,5-7,9,11H,4,8,10H2. The predicted octanol–water partition coefficient (Wildman–Crippen LogP) is 2.60. The van der Waals surface area contributed by atoms with Crippen molar-refractivity contribution in [3.05, 3.63) is 54.3 Å². The van der Waals surface area contributed by atoms with Gasteiger partial charge in [0.2, 0.25) is 5.82 Å². The number of carbonyl (C=O) groups excluding carboxylic acids is 1. The second kappa shape index (κ2) is 6.13. The zero-order valence-electron chi connectivity index (χ0n) is 11.3. The van der Waals surface area contributed by atoms with E-state index < -0.39 is 0 Å². The molecular weight excluding hydrogens is 268 g/mol. The molecule has 6 nitrogen and oxygen atoms in total. The first-order valence-corrected chi connectivity index (χ1v) is 6.73. The molecule has 0 aliphatic rings. The molecule has 0 N–H and O–H groups in total. The zero-order valence-corrected chi connectivity index (χ0v) is 11.3. The molecule has 0 fully saturated rings. The van der Waals surface area contributed by atoms with Gasteiger partial charge in [0.1, 0.15) is 0 Å². The van der Waals surface area contributed by atoms with Crippen LogP contribution in [0.5, 0.6) is 0 Å². The number of nitrogens with zero attached hydrogens (tertiary/aromatic N) is 4. The quantitative estimate of drug-likeness (QED) is 0.650. The number of hydrogen-bond acceptors (Lipinski definition) is 5. The van der Waals surface area contributed by atoms with E-state index in [9.17, 15) is 4.79 Å². The van der Waals surface area contributed by atoms with E-state index in [-0.39, 0.29) is 5.78 Å². The minimum Gasteiger partial charge on any atom is -0.461 e. The highest BCUT2D eigenvalue weighted by Crippen LogP contribution is 2.13. The highest BCUT2D eigenvalue weighted by atomic mass is 16.3. The molecule has 0 saturated carbocycles. The fourth-order valence-corrected chi connectivity index (χ4v) is 1.99. The molecule has 1 aromatic carbocycles. The lowest BCUT2D eigenvalue weighted by Gasteiger charge is -2.00. The van der Waals surface area contributed by atoms with Crippen LogP contribution in [0.4, 0.5) is 0 Å². The largest absolute Gasteiger partial charge is 0.461 e. The predicted molar refractivity (Wildman–Crippen MR) is 75.5 cm³/mol. The van der Waals surface area contributed by atoms with Crippen LogP contribution in [0.15, 0.2) is 53.1 Å². The maximum atomic E-state index is 11.9. The average Bonchev–Trinajstić information content (AvgIpc) is 3.19. The second-order valence-corrected chi connectivity index (χ2v) is 4.58. The van der Waals surface area contributed by atoms with Crippen LogP contribution >= 0.6 is 0 Å². The number of ketones is 1. The Bertz CT molecular complexity index is 704. The van der Waals surface area contributed by atoms with Gasteiger partial charge in [-0.1, -0.05) is 30.3 Å². The minimum absolute atomic E-state index is 0.127. The number of benzene rings is 1. The summed E-state index contributed by atoms with van der Waals surface area (Å²) in [6.07, 6.45) is 2.69. The first-order chi connectivity index (χ1) is 10.3. The molecule has 6 heteroatoms. The third-order valence-corrected chi connectivity index (χ3v) is 3.05. The second-order valence-electron chi connectivity index (χ2n) is 4.58. The molecule has 2 heterocycles. The van der Waals surface area contributed by atoms with Crippen LogP contribution in [0.2, 0.25) is 0 Å². The smallest absolute Gasteiger partial charge is 0.240 e. The summed E-state index contributed by atoms with van der Waals surface area (Å²) in [6.45, 7) is 0.548. The Kier molecular flexibility index (Phi) is 3.86. The van der Waals surface area contributed by atoms with Crippen molar-refractivity contribution in [3.8, 4) is 11.6 Å². The number of hydrogen-bond donors (Lipinski definition) is 0. The Morgan fingerprint density at radius 2 is 2.00 bits per heavy atom. The topological polar surface area (TPSA) is 73.8 Å². The molecule has 0 bridgehead atoms. The van der Waals surface area contributed by atoms with E-state index in [4.69, 9.17) is 4.42 Å². The SMILES string of the molecule is O=C(CCCn1nnc(-c2ccco2)n1)c1ccccc1. The average molecular weight is 282 g/mol. The van der Waals surface area contributed by atoms with E-state index in [0.717, 1.165) is 5.56 Å². The lowest BCUT2D eigenvalue weighted by molar-refractivity contribution is 0.0977. The summed E-state index contributed by atoms with van der Waals surface area (Å²) in [7, 11) is 0. The van der Waals surface area contributed by atoms with E-state index in [1.54, 1.807) is 18.4 Å². The Hall–Kier alpha value is -2.76. The number of furan rings is 1. The van der Waals surface area contributed by atoms with Crippen molar-refractivity contribution >= 4 is 5.78 Å². The van der Waals surface area contributed by atoms with Gasteiger partial charge in [-0.3, -0.25) is 4.79 Å². The van der Waals surface area contributed by atoms with Crippen molar-refractivity contribution in [3.63, 3.8) is 0 Å². The molecule has 0 aliphatic heterocycles. The molecule has 0 radical (unpaired) electrons. The molecule has 0 spiro atoms. The Morgan fingerprint density at radius 3 is 2.76 bits per heavy atom. The molecule has 0 aliphatic carbocycles. The molecule has 2 aromatic heterocycles. The Labute approximate surface area is 121 Å². The summed E-state index contributed by atoms with van der Waals surface area (Å²) in [5.74, 6) is 1.16. The van der Waals surface area contributed by atoms with Crippen LogP contribution in [-0.4, -0.2) is 26.0 Å². The van der Waals surface area contributed by atoms with Crippen molar-refractivity contribution in [2.45, 2.75) is 19.4 Å². The fraction of sp³-hybridized carbons (Fsp3) is 0.200. The summed E-state index contributed by atoms with van der Waals surface area (Å²) in [4.78, 5) is 13.4. The van der Waals surface area contributed by atoms with Gasteiger partial charge in [-0.25, -0.2) is 0 Å². The van der Waals surface area contributed by atoms with Crippen molar-refractivity contribution in [2.75, 3.05) is 0 Å². The third-order valence-electron chi connectivity index (χ3n) is 3.05. The van der Waals surface area contributed by atoms with E-state index in [1.165, 1.54) is 4.80 Å². The van der Waals surface area contributed by atoms with Gasteiger partial charge in [0.15, 0.2) is 11.5 Å². The molecular formula is C15H14N4O2. The fourth-order valence-electron chi connectivity index (χ4n) is 1.99. The van der Waals surface area contributed by atoms with E-state index in [1.807, 2.05) is 30.3 Å². The van der Waals surface area contributed by atoms with Gasteiger partial charge < -0.3 is 4.42 Å². The lowest BCUT2D eigenvalue weighted by atomic mass is 10.1. The first-order valence-electron chi connectivity index (χ1n) is 6.73. The maximum absolute atomic E-state index is 11.9. The van der Waals surface area contributed by atoms with Gasteiger partial charge in [-0.2, -0.15) is 4.80 Å². The van der Waals surface area contributed by atoms with Crippen LogP contribution in [0.25, 0.3) is 11.6 Å². The number of aryl methyl sites for hydroxylation is 1. The summed E-state index contributed by atoms with van der Waals surface area (Å²) in [5, 5.41) is 12.1. The molecule has 3 aromatic rings. The van der Waals surface area contributed by atoms with Gasteiger partial charge in [0.05, 0.1) is 12.8 Å². The van der Waals surface area contributed by atoms with Crippen molar-refractivity contribution in [2.24, 2.45) is 0 Å². The number of rotatable bonds is 6. The molecule has 0 amide bonds. The highest BCUT2D eigenvalue weighted by Gasteiger charge is 2.09. The van der Waals surface area contributed by atoms with Gasteiger partial charge >= 0.3 is 0 Å². The van der Waals surface area contributed by atoms with Crippen molar-refractivity contribution in [1.29, 1.82) is 0 Å². The molecule has 0 atom stereocenters. The minimum atomic E-state index is 0.127. The lowest BCUT2D eigenvalue weighted by Crippen LogP contribution is -2.06. The molecule has 106 valence electrons. The van der Waals surface area contributed by atoms with E-state index in [0.29, 0.717) is 31.0 Å². The highest BCUT2D eigenvalue weighted by molar-refractivity contribution is 5.95. The molecule has 3 rings (SSSR count). The first kappa shape index (κ1) is 13.2. The number of Topliss-reactive ketones (excluding diaryl/α,β-unsaturated/α-hetero) is 1. The number of tetrazole rings is 1. The van der Waals surface area contributed by atoms with Crippen LogP contribution in [-0.2, 0) is 6.54 Å². The van der Waals surface area contributed by atoms with Gasteiger partial charge in [-0.15, -0.1) is 10.2 Å². The van der Waals surface area contributed by atoms with Gasteiger partial charge in [0, 0.05) is 12.0 Å². The van der Waals surface area contributed by atoms with Crippen LogP contribution < -0.4 is 0 Å². The maximum Gasteiger partial charge on any atom is 0.240 e. The normalized spacial score (nSPS) is 10.7.